The lowest BCUT2D eigenvalue weighted by atomic mass is 10.1. The van der Waals surface area contributed by atoms with E-state index in [0.29, 0.717) is 6.54 Å². The molecule has 1 amide bonds. The molecule has 76 valence electrons. The van der Waals surface area contributed by atoms with Crippen molar-refractivity contribution in [3.05, 3.63) is 29.8 Å². The van der Waals surface area contributed by atoms with Gasteiger partial charge in [0.25, 0.3) is 0 Å². The maximum atomic E-state index is 10.7. The maximum absolute atomic E-state index is 10.7. The van der Waals surface area contributed by atoms with E-state index in [0.717, 1.165) is 17.7 Å². The van der Waals surface area contributed by atoms with E-state index in [1.807, 2.05) is 24.3 Å². The molecule has 0 spiro atoms. The molecule has 0 atom stereocenters. The van der Waals surface area contributed by atoms with Gasteiger partial charge in [0, 0.05) is 12.2 Å². The fourth-order valence-corrected chi connectivity index (χ4v) is 1.07. The van der Waals surface area contributed by atoms with Crippen LogP contribution in [-0.2, 0) is 11.2 Å². The van der Waals surface area contributed by atoms with Crippen LogP contribution in [0.2, 0.25) is 0 Å². The van der Waals surface area contributed by atoms with Crippen molar-refractivity contribution in [2.75, 3.05) is 19.4 Å². The Balaban J connectivity index is 2.31. The number of nitrogen functional groups attached to an aromatic ring is 1. The number of ether oxygens (including phenoxy) is 1. The van der Waals surface area contributed by atoms with Gasteiger partial charge in [0.2, 0.25) is 0 Å². The van der Waals surface area contributed by atoms with Gasteiger partial charge in [0.05, 0.1) is 7.11 Å². The number of hydrogen-bond donors (Lipinski definition) is 2. The van der Waals surface area contributed by atoms with E-state index in [1.54, 1.807) is 0 Å². The molecule has 0 aliphatic heterocycles. The average molecular weight is 194 g/mol. The summed E-state index contributed by atoms with van der Waals surface area (Å²) >= 11 is 0. The number of amides is 1. The Morgan fingerprint density at radius 2 is 2.07 bits per heavy atom. The molecule has 0 heterocycles. The highest BCUT2D eigenvalue weighted by Gasteiger charge is 1.97. The molecule has 0 saturated carbocycles. The third kappa shape index (κ3) is 3.35. The molecule has 4 nitrogen and oxygen atoms in total. The van der Waals surface area contributed by atoms with E-state index in [9.17, 15) is 4.79 Å². The highest BCUT2D eigenvalue weighted by molar-refractivity contribution is 5.66. The van der Waals surface area contributed by atoms with Crippen molar-refractivity contribution in [2.24, 2.45) is 0 Å². The Labute approximate surface area is 83.1 Å². The molecule has 1 rings (SSSR count). The van der Waals surface area contributed by atoms with Crippen LogP contribution in [0, 0.1) is 0 Å². The molecule has 0 unspecified atom stereocenters. The van der Waals surface area contributed by atoms with Crippen molar-refractivity contribution in [1.82, 2.24) is 5.32 Å². The second-order valence-electron chi connectivity index (χ2n) is 2.91. The highest BCUT2D eigenvalue weighted by Crippen LogP contribution is 2.05. The van der Waals surface area contributed by atoms with E-state index in [2.05, 4.69) is 10.1 Å². The predicted octanol–water partition coefficient (Wildman–Crippen LogP) is 1.17. The molecule has 4 heteroatoms. The number of hydrogen-bond acceptors (Lipinski definition) is 3. The summed E-state index contributed by atoms with van der Waals surface area (Å²) in [6.07, 6.45) is 0.371. The van der Waals surface area contributed by atoms with Gasteiger partial charge in [0.1, 0.15) is 0 Å². The lowest BCUT2D eigenvalue weighted by Crippen LogP contribution is -2.25. The first-order valence-corrected chi connectivity index (χ1v) is 4.38. The Hall–Kier alpha value is -1.71. The van der Waals surface area contributed by atoms with Gasteiger partial charge in [-0.3, -0.25) is 0 Å². The van der Waals surface area contributed by atoms with Crippen molar-refractivity contribution in [3.8, 4) is 0 Å². The van der Waals surface area contributed by atoms with E-state index in [1.165, 1.54) is 7.11 Å². The third-order valence-corrected chi connectivity index (χ3v) is 1.85. The van der Waals surface area contributed by atoms with Crippen LogP contribution >= 0.6 is 0 Å². The lowest BCUT2D eigenvalue weighted by molar-refractivity contribution is 0.171. The van der Waals surface area contributed by atoms with Gasteiger partial charge >= 0.3 is 6.09 Å². The zero-order chi connectivity index (χ0) is 10.4. The molecule has 0 bridgehead atoms. The minimum Gasteiger partial charge on any atom is -0.453 e. The van der Waals surface area contributed by atoms with Gasteiger partial charge in [-0.25, -0.2) is 4.79 Å². The number of nitrogens with one attached hydrogen (secondary N) is 1. The van der Waals surface area contributed by atoms with Crippen LogP contribution in [-0.4, -0.2) is 19.7 Å². The molecule has 3 N–H and O–H groups in total. The largest absolute Gasteiger partial charge is 0.453 e. The van der Waals surface area contributed by atoms with E-state index in [4.69, 9.17) is 5.73 Å². The van der Waals surface area contributed by atoms with Crippen molar-refractivity contribution in [1.29, 1.82) is 0 Å². The second kappa shape index (κ2) is 5.11. The molecule has 1 aromatic carbocycles. The summed E-state index contributed by atoms with van der Waals surface area (Å²) in [4.78, 5) is 10.7. The number of carbonyl (C=O) groups is 1. The Kier molecular flexibility index (Phi) is 3.79. The molecule has 0 aliphatic carbocycles. The summed E-state index contributed by atoms with van der Waals surface area (Å²) in [5.74, 6) is 0. The minimum atomic E-state index is -0.402. The van der Waals surface area contributed by atoms with Crippen molar-refractivity contribution >= 4 is 11.8 Å². The van der Waals surface area contributed by atoms with Crippen LogP contribution < -0.4 is 11.1 Å². The number of methoxy groups -OCH3 is 1. The van der Waals surface area contributed by atoms with E-state index in [-0.39, 0.29) is 0 Å². The van der Waals surface area contributed by atoms with Gasteiger partial charge in [-0.05, 0) is 24.1 Å². The van der Waals surface area contributed by atoms with Crippen LogP contribution in [0.15, 0.2) is 24.3 Å². The van der Waals surface area contributed by atoms with Crippen LogP contribution in [0.3, 0.4) is 0 Å². The molecule has 14 heavy (non-hydrogen) atoms. The van der Waals surface area contributed by atoms with E-state index >= 15 is 0 Å². The summed E-state index contributed by atoms with van der Waals surface area (Å²) in [5.41, 5.74) is 7.42. The maximum Gasteiger partial charge on any atom is 0.406 e. The molecule has 0 aliphatic rings. The standard InChI is InChI=1S/C10H14N2O2/c1-14-10(13)12-7-6-8-2-4-9(11)5-3-8/h2-5H,6-7,11H2,1H3,(H,12,13). The zero-order valence-corrected chi connectivity index (χ0v) is 8.12. The van der Waals surface area contributed by atoms with Crippen molar-refractivity contribution in [2.45, 2.75) is 6.42 Å². The molecule has 0 fully saturated rings. The van der Waals surface area contributed by atoms with Crippen LogP contribution in [0.5, 0.6) is 0 Å². The smallest absolute Gasteiger partial charge is 0.406 e. The molecule has 0 radical (unpaired) electrons. The summed E-state index contributed by atoms with van der Waals surface area (Å²) < 4.78 is 4.44. The number of carbonyl (C=O) groups excluding carboxylic acids is 1. The van der Waals surface area contributed by atoms with Crippen molar-refractivity contribution < 1.29 is 9.53 Å². The molecular formula is C10H14N2O2. The van der Waals surface area contributed by atoms with Gasteiger partial charge < -0.3 is 15.8 Å². The summed E-state index contributed by atoms with van der Waals surface area (Å²) in [5, 5.41) is 2.60. The van der Waals surface area contributed by atoms with Crippen LogP contribution in [0.25, 0.3) is 0 Å². The van der Waals surface area contributed by atoms with Gasteiger partial charge in [-0.1, -0.05) is 12.1 Å². The Morgan fingerprint density at radius 3 is 2.64 bits per heavy atom. The highest BCUT2D eigenvalue weighted by atomic mass is 16.5. The summed E-state index contributed by atoms with van der Waals surface area (Å²) in [7, 11) is 1.35. The number of anilines is 1. The van der Waals surface area contributed by atoms with Crippen molar-refractivity contribution in [3.63, 3.8) is 0 Å². The molecule has 1 aromatic rings. The quantitative estimate of drug-likeness (QED) is 0.710. The normalized spacial score (nSPS) is 9.50. The first-order chi connectivity index (χ1) is 6.72. The van der Waals surface area contributed by atoms with E-state index < -0.39 is 6.09 Å². The SMILES string of the molecule is COC(=O)NCCc1ccc(N)cc1. The summed E-state index contributed by atoms with van der Waals surface area (Å²) in [6.45, 7) is 0.566. The second-order valence-corrected chi connectivity index (χ2v) is 2.91. The first kappa shape index (κ1) is 10.4. The molecule has 0 saturated heterocycles. The number of rotatable bonds is 3. The summed E-state index contributed by atoms with van der Waals surface area (Å²) in [6, 6.07) is 7.56. The third-order valence-electron chi connectivity index (χ3n) is 1.85. The lowest BCUT2D eigenvalue weighted by Gasteiger charge is -2.03. The Morgan fingerprint density at radius 1 is 1.43 bits per heavy atom. The fourth-order valence-electron chi connectivity index (χ4n) is 1.07. The Bertz CT molecular complexity index is 295. The van der Waals surface area contributed by atoms with Crippen LogP contribution in [0.4, 0.5) is 10.5 Å². The molecular weight excluding hydrogens is 180 g/mol. The van der Waals surface area contributed by atoms with Crippen LogP contribution in [0.1, 0.15) is 5.56 Å². The van der Waals surface area contributed by atoms with Gasteiger partial charge in [-0.2, -0.15) is 0 Å². The molecule has 0 aromatic heterocycles. The average Bonchev–Trinajstić information content (AvgIpc) is 2.21. The van der Waals surface area contributed by atoms with Gasteiger partial charge in [-0.15, -0.1) is 0 Å². The first-order valence-electron chi connectivity index (χ1n) is 4.38. The number of alkyl carbamates (subject to hydrolysis) is 1. The fraction of sp³-hybridized carbons (Fsp3) is 0.300. The zero-order valence-electron chi connectivity index (χ0n) is 8.12. The topological polar surface area (TPSA) is 64.3 Å². The monoisotopic (exact) mass is 194 g/mol. The number of benzene rings is 1. The predicted molar refractivity (Wildman–Crippen MR) is 55.0 cm³/mol. The van der Waals surface area contributed by atoms with Gasteiger partial charge in [0.15, 0.2) is 0 Å². The minimum absolute atomic E-state index is 0.402. The number of nitrogens with two attached hydrogens (primary N) is 1.